The first-order valence-corrected chi connectivity index (χ1v) is 10.5. The fourth-order valence-corrected chi connectivity index (χ4v) is 5.73. The van der Waals surface area contributed by atoms with Crippen LogP contribution in [0.25, 0.3) is 0 Å². The Morgan fingerprint density at radius 3 is 2.07 bits per heavy atom. The van der Waals surface area contributed by atoms with Crippen molar-refractivity contribution in [2.45, 2.75) is 16.7 Å². The monoisotopic (exact) mass is 449 g/mol. The zero-order chi connectivity index (χ0) is 21.4. The minimum absolute atomic E-state index is 0.000969. The van der Waals surface area contributed by atoms with Gasteiger partial charge in [0.1, 0.15) is 5.02 Å². The van der Waals surface area contributed by atoms with Crippen molar-refractivity contribution in [1.29, 1.82) is 0 Å². The largest absolute Gasteiger partial charge is 0.289 e. The van der Waals surface area contributed by atoms with Crippen LogP contribution in [0.15, 0.2) is 46.2 Å². The second-order valence-corrected chi connectivity index (χ2v) is 10.0. The van der Waals surface area contributed by atoms with Crippen molar-refractivity contribution in [3.8, 4) is 0 Å². The average molecular weight is 450 g/mol. The lowest BCUT2D eigenvalue weighted by Crippen LogP contribution is -2.33. The maximum atomic E-state index is 12.8. The SMILES string of the molecule is Cc1ccc([N+](=O)[O-])cc1S(=O)(=O)N(C)S(=O)(=O)c1ccc(Cl)c([N+](=O)[O-])c1. The molecule has 11 nitrogen and oxygen atoms in total. The summed E-state index contributed by atoms with van der Waals surface area (Å²) < 4.78 is 51.0. The number of nitrogens with zero attached hydrogens (tertiary/aromatic N) is 3. The van der Waals surface area contributed by atoms with Crippen LogP contribution >= 0.6 is 11.6 Å². The summed E-state index contributed by atoms with van der Waals surface area (Å²) in [5, 5.41) is 21.6. The molecular formula is C14H12ClN3O8S2. The summed E-state index contributed by atoms with van der Waals surface area (Å²) in [7, 11) is -8.77. The fourth-order valence-electron chi connectivity index (χ4n) is 2.19. The number of halogens is 1. The van der Waals surface area contributed by atoms with Crippen molar-refractivity contribution < 1.29 is 26.7 Å². The fraction of sp³-hybridized carbons (Fsp3) is 0.143. The third-order valence-electron chi connectivity index (χ3n) is 3.75. The molecule has 28 heavy (non-hydrogen) atoms. The van der Waals surface area contributed by atoms with Crippen LogP contribution in [0.4, 0.5) is 11.4 Å². The lowest BCUT2D eigenvalue weighted by Gasteiger charge is -2.18. The van der Waals surface area contributed by atoms with Gasteiger partial charge in [-0.1, -0.05) is 21.4 Å². The summed E-state index contributed by atoms with van der Waals surface area (Å²) in [5.74, 6) is 0. The van der Waals surface area contributed by atoms with Gasteiger partial charge < -0.3 is 0 Å². The number of hydrogen-bond donors (Lipinski definition) is 0. The van der Waals surface area contributed by atoms with Crippen LogP contribution < -0.4 is 0 Å². The van der Waals surface area contributed by atoms with Crippen LogP contribution in [-0.4, -0.2) is 37.4 Å². The molecule has 0 aliphatic rings. The minimum atomic E-state index is -4.76. The van der Waals surface area contributed by atoms with Crippen LogP contribution in [0.5, 0.6) is 0 Å². The molecule has 0 aliphatic heterocycles. The summed E-state index contributed by atoms with van der Waals surface area (Å²) in [6.45, 7) is 1.34. The van der Waals surface area contributed by atoms with Crippen LogP contribution in [0.1, 0.15) is 5.56 Å². The highest BCUT2D eigenvalue weighted by molar-refractivity contribution is 8.04. The van der Waals surface area contributed by atoms with Gasteiger partial charge in [-0.2, -0.15) is 0 Å². The molecular weight excluding hydrogens is 438 g/mol. The first kappa shape index (κ1) is 21.7. The molecule has 0 unspecified atom stereocenters. The van der Waals surface area contributed by atoms with Gasteiger partial charge in [0.25, 0.3) is 31.4 Å². The van der Waals surface area contributed by atoms with Crippen molar-refractivity contribution >= 4 is 43.0 Å². The minimum Gasteiger partial charge on any atom is -0.258 e. The number of hydrogen-bond acceptors (Lipinski definition) is 8. The zero-order valence-electron chi connectivity index (χ0n) is 14.3. The molecule has 0 atom stereocenters. The Morgan fingerprint density at radius 2 is 1.54 bits per heavy atom. The number of nitro groups is 2. The number of aryl methyl sites for hydroxylation is 1. The number of benzene rings is 2. The predicted octanol–water partition coefficient (Wildman–Crippen LogP) is 2.47. The van der Waals surface area contributed by atoms with Gasteiger partial charge in [-0.3, -0.25) is 20.2 Å². The molecule has 0 radical (unpaired) electrons. The quantitative estimate of drug-likeness (QED) is 0.480. The van der Waals surface area contributed by atoms with Crippen molar-refractivity contribution in [2.24, 2.45) is 0 Å². The van der Waals surface area contributed by atoms with E-state index >= 15 is 0 Å². The maximum Gasteiger partial charge on any atom is 0.289 e. The lowest BCUT2D eigenvalue weighted by molar-refractivity contribution is -0.385. The molecule has 2 rings (SSSR count). The maximum absolute atomic E-state index is 12.8. The van der Waals surface area contributed by atoms with E-state index in [9.17, 15) is 37.1 Å². The summed E-state index contributed by atoms with van der Waals surface area (Å²) in [5.41, 5.74) is -1.19. The Labute approximate surface area is 164 Å². The molecule has 0 aliphatic carbocycles. The Bertz CT molecular complexity index is 1200. The highest BCUT2D eigenvalue weighted by atomic mass is 35.5. The van der Waals surface area contributed by atoms with Crippen molar-refractivity contribution in [3.05, 3.63) is 67.2 Å². The molecule has 0 saturated carbocycles. The van der Waals surface area contributed by atoms with E-state index in [1.54, 1.807) is 0 Å². The molecule has 0 aromatic heterocycles. The van der Waals surface area contributed by atoms with E-state index in [0.29, 0.717) is 6.07 Å². The molecule has 14 heteroatoms. The van der Waals surface area contributed by atoms with Gasteiger partial charge in [0.15, 0.2) is 0 Å². The third kappa shape index (κ3) is 3.82. The summed E-state index contributed by atoms with van der Waals surface area (Å²) in [4.78, 5) is 18.9. The van der Waals surface area contributed by atoms with Crippen molar-refractivity contribution in [3.63, 3.8) is 0 Å². The molecule has 0 amide bonds. The van der Waals surface area contributed by atoms with Gasteiger partial charge in [-0.05, 0) is 24.6 Å². The standard InChI is InChI=1S/C14H12ClN3O8S2/c1-9-3-4-10(17(19)20)7-14(9)28(25,26)16(2)27(23,24)11-5-6-12(15)13(8-11)18(21)22/h3-8H,1-2H3. The number of sulfonamides is 2. The summed E-state index contributed by atoms with van der Waals surface area (Å²) in [6, 6.07) is 5.47. The first-order chi connectivity index (χ1) is 12.8. The highest BCUT2D eigenvalue weighted by Crippen LogP contribution is 2.31. The second-order valence-electron chi connectivity index (χ2n) is 5.47. The molecule has 0 N–H and O–H groups in total. The van der Waals surface area contributed by atoms with Gasteiger partial charge in [0, 0.05) is 25.2 Å². The van der Waals surface area contributed by atoms with Crippen LogP contribution in [0, 0.1) is 27.2 Å². The molecule has 0 spiro atoms. The van der Waals surface area contributed by atoms with Crippen LogP contribution in [0.2, 0.25) is 5.02 Å². The van der Waals surface area contributed by atoms with E-state index in [0.717, 1.165) is 31.3 Å². The van der Waals surface area contributed by atoms with Gasteiger partial charge in [0.05, 0.1) is 19.6 Å². The van der Waals surface area contributed by atoms with Gasteiger partial charge in [-0.25, -0.2) is 16.8 Å². The van der Waals surface area contributed by atoms with E-state index in [-0.39, 0.29) is 14.3 Å². The van der Waals surface area contributed by atoms with E-state index in [2.05, 4.69) is 0 Å². The second kappa shape index (κ2) is 7.43. The van der Waals surface area contributed by atoms with Crippen LogP contribution in [0.3, 0.4) is 0 Å². The number of nitro benzene ring substituents is 2. The van der Waals surface area contributed by atoms with E-state index in [4.69, 9.17) is 11.6 Å². The predicted molar refractivity (Wildman–Crippen MR) is 98.1 cm³/mol. The van der Waals surface area contributed by atoms with Gasteiger partial charge in [-0.15, -0.1) is 0 Å². The number of rotatable bonds is 6. The van der Waals surface area contributed by atoms with Crippen LogP contribution in [-0.2, 0) is 20.0 Å². The normalized spacial score (nSPS) is 12.1. The zero-order valence-corrected chi connectivity index (χ0v) is 16.7. The van der Waals surface area contributed by atoms with Crippen molar-refractivity contribution in [1.82, 2.24) is 3.71 Å². The molecule has 0 heterocycles. The van der Waals surface area contributed by atoms with E-state index < -0.39 is 51.1 Å². The Morgan fingerprint density at radius 1 is 0.929 bits per heavy atom. The van der Waals surface area contributed by atoms with Gasteiger partial charge in [0.2, 0.25) is 0 Å². The third-order valence-corrected chi connectivity index (χ3v) is 8.45. The molecule has 2 aromatic carbocycles. The average Bonchev–Trinajstić information content (AvgIpc) is 2.60. The molecule has 0 bridgehead atoms. The molecule has 150 valence electrons. The summed E-state index contributed by atoms with van der Waals surface area (Å²) in [6.07, 6.45) is 0. The topological polar surface area (TPSA) is 158 Å². The Kier molecular flexibility index (Phi) is 5.75. The van der Waals surface area contributed by atoms with E-state index in [1.165, 1.54) is 13.0 Å². The smallest absolute Gasteiger partial charge is 0.258 e. The van der Waals surface area contributed by atoms with Gasteiger partial charge >= 0.3 is 0 Å². The van der Waals surface area contributed by atoms with E-state index in [1.807, 2.05) is 0 Å². The highest BCUT2D eigenvalue weighted by Gasteiger charge is 2.36. The molecule has 2 aromatic rings. The Hall–Kier alpha value is -2.61. The summed E-state index contributed by atoms with van der Waals surface area (Å²) >= 11 is 5.64. The first-order valence-electron chi connectivity index (χ1n) is 7.23. The molecule has 0 fully saturated rings. The number of non-ortho nitro benzene ring substituents is 1. The van der Waals surface area contributed by atoms with Crippen molar-refractivity contribution in [2.75, 3.05) is 7.05 Å². The lowest BCUT2D eigenvalue weighted by atomic mass is 10.2. The Balaban J connectivity index is 2.62. The molecule has 0 saturated heterocycles.